The second-order valence-corrected chi connectivity index (χ2v) is 11.1. The van der Waals surface area contributed by atoms with Crippen molar-refractivity contribution in [1.29, 1.82) is 0 Å². The Bertz CT molecular complexity index is 1350. The van der Waals surface area contributed by atoms with Crippen molar-refractivity contribution in [2.45, 2.75) is 71.4 Å². The van der Waals surface area contributed by atoms with Gasteiger partial charge < -0.3 is 19.9 Å². The van der Waals surface area contributed by atoms with E-state index in [0.717, 1.165) is 42.3 Å². The molecule has 0 aromatic carbocycles. The number of nitrogens with one attached hydrogen (secondary N) is 1. The number of anilines is 3. The molecule has 0 bridgehead atoms. The fraction of sp³-hybridized carbons (Fsp3) is 0.536. The van der Waals surface area contributed by atoms with Gasteiger partial charge >= 0.3 is 6.09 Å². The Kier molecular flexibility index (Phi) is 7.23. The number of aromatic nitrogens is 4. The summed E-state index contributed by atoms with van der Waals surface area (Å²) in [7, 11) is 0. The van der Waals surface area contributed by atoms with Crippen LogP contribution in [0.25, 0.3) is 11.0 Å². The maximum Gasteiger partial charge on any atom is 0.410 e. The zero-order valence-electron chi connectivity index (χ0n) is 22.7. The zero-order valence-corrected chi connectivity index (χ0v) is 22.7. The predicted molar refractivity (Wildman–Crippen MR) is 148 cm³/mol. The van der Waals surface area contributed by atoms with E-state index < -0.39 is 5.60 Å². The van der Waals surface area contributed by atoms with Crippen LogP contribution in [0.4, 0.5) is 22.2 Å². The van der Waals surface area contributed by atoms with Crippen LogP contribution in [-0.2, 0) is 11.2 Å². The molecule has 2 aliphatic rings. The molecule has 38 heavy (non-hydrogen) atoms. The predicted octanol–water partition coefficient (Wildman–Crippen LogP) is 4.66. The first-order chi connectivity index (χ1) is 18.2. The number of rotatable bonds is 5. The largest absolute Gasteiger partial charge is 0.444 e. The third kappa shape index (κ3) is 5.58. The fourth-order valence-corrected chi connectivity index (χ4v) is 5.23. The number of amides is 1. The summed E-state index contributed by atoms with van der Waals surface area (Å²) >= 11 is 0. The molecule has 1 N–H and O–H groups in total. The monoisotopic (exact) mass is 519 g/mol. The van der Waals surface area contributed by atoms with Crippen LogP contribution in [0.3, 0.4) is 0 Å². The Hall–Kier alpha value is -3.69. The van der Waals surface area contributed by atoms with Gasteiger partial charge in [0.05, 0.1) is 11.9 Å². The molecule has 0 unspecified atom stereocenters. The van der Waals surface area contributed by atoms with Gasteiger partial charge in [0.25, 0.3) is 5.56 Å². The highest BCUT2D eigenvalue weighted by atomic mass is 16.6. The lowest BCUT2D eigenvalue weighted by atomic mass is 10.1. The van der Waals surface area contributed by atoms with Crippen molar-refractivity contribution < 1.29 is 9.53 Å². The minimum absolute atomic E-state index is 0.0609. The van der Waals surface area contributed by atoms with Crippen molar-refractivity contribution in [1.82, 2.24) is 24.4 Å². The molecule has 10 heteroatoms. The summed E-state index contributed by atoms with van der Waals surface area (Å²) in [6.07, 6.45) is 8.30. The molecular formula is C28H37N7O3. The summed E-state index contributed by atoms with van der Waals surface area (Å²) in [4.78, 5) is 43.3. The smallest absolute Gasteiger partial charge is 0.410 e. The Labute approximate surface area is 223 Å². The third-order valence-electron chi connectivity index (χ3n) is 7.20. The molecule has 3 aromatic heterocycles. The highest BCUT2D eigenvalue weighted by molar-refractivity contribution is 5.76. The van der Waals surface area contributed by atoms with Crippen LogP contribution in [-0.4, -0.2) is 62.3 Å². The number of aryl methyl sites for hydroxylation is 1. The molecular weight excluding hydrogens is 482 g/mol. The van der Waals surface area contributed by atoms with Gasteiger partial charge in [-0.2, -0.15) is 4.98 Å². The molecule has 1 aliphatic heterocycles. The van der Waals surface area contributed by atoms with Crippen LogP contribution in [0.5, 0.6) is 0 Å². The average molecular weight is 520 g/mol. The molecule has 1 amide bonds. The van der Waals surface area contributed by atoms with Crippen LogP contribution < -0.4 is 15.8 Å². The summed E-state index contributed by atoms with van der Waals surface area (Å²) in [5.74, 6) is 1.04. The van der Waals surface area contributed by atoms with Gasteiger partial charge in [-0.3, -0.25) is 9.36 Å². The minimum atomic E-state index is -0.498. The molecule has 5 rings (SSSR count). The zero-order chi connectivity index (χ0) is 26.9. The van der Waals surface area contributed by atoms with Crippen LogP contribution in [0.1, 0.15) is 65.0 Å². The van der Waals surface area contributed by atoms with Crippen LogP contribution in [0.15, 0.2) is 35.4 Å². The maximum atomic E-state index is 13.2. The summed E-state index contributed by atoms with van der Waals surface area (Å²) in [5.41, 5.74) is 2.03. The second-order valence-electron chi connectivity index (χ2n) is 11.1. The van der Waals surface area contributed by atoms with Gasteiger partial charge in [0, 0.05) is 49.4 Å². The lowest BCUT2D eigenvalue weighted by Crippen LogP contribution is -2.50. The highest BCUT2D eigenvalue weighted by Gasteiger charge is 2.26. The van der Waals surface area contributed by atoms with E-state index in [9.17, 15) is 9.59 Å². The first-order valence-electron chi connectivity index (χ1n) is 13.6. The van der Waals surface area contributed by atoms with E-state index in [-0.39, 0.29) is 17.7 Å². The highest BCUT2D eigenvalue weighted by Crippen LogP contribution is 2.31. The van der Waals surface area contributed by atoms with E-state index in [4.69, 9.17) is 9.72 Å². The van der Waals surface area contributed by atoms with Crippen molar-refractivity contribution >= 4 is 34.6 Å². The van der Waals surface area contributed by atoms with Crippen LogP contribution in [0, 0.1) is 0 Å². The van der Waals surface area contributed by atoms with Gasteiger partial charge in [-0.25, -0.2) is 14.8 Å². The Morgan fingerprint density at radius 2 is 1.82 bits per heavy atom. The number of nitrogens with zero attached hydrogens (tertiary/aromatic N) is 6. The quantitative estimate of drug-likeness (QED) is 0.519. The molecule has 2 fully saturated rings. The number of carbonyl (C=O) groups excluding carboxylic acids is 1. The van der Waals surface area contributed by atoms with E-state index in [1.54, 1.807) is 11.1 Å². The molecule has 10 nitrogen and oxygen atoms in total. The SMILES string of the molecule is CCc1cc2cnc(Nc3ccc(N4CCN(C(=O)OC(C)(C)C)CC4)cn3)nc2n(C2CCCC2)c1=O. The summed E-state index contributed by atoms with van der Waals surface area (Å²) in [6.45, 7) is 10.3. The standard InChI is InChI=1S/C28H37N7O3/c1-5-19-16-20-17-30-26(32-24(20)35(25(19)36)21-8-6-7-9-21)31-23-11-10-22(18-29-23)33-12-14-34(15-13-33)27(37)38-28(2,3)4/h10-11,16-18,21H,5-9,12-15H2,1-4H3,(H,29,30,31,32). The molecule has 1 aliphatic carbocycles. The second kappa shape index (κ2) is 10.6. The van der Waals surface area contributed by atoms with E-state index in [0.29, 0.717) is 50.0 Å². The summed E-state index contributed by atoms with van der Waals surface area (Å²) < 4.78 is 7.38. The first kappa shape index (κ1) is 25.9. The first-order valence-corrected chi connectivity index (χ1v) is 13.6. The molecule has 202 valence electrons. The molecule has 0 spiro atoms. The van der Waals surface area contributed by atoms with Gasteiger partial charge in [0.1, 0.15) is 17.1 Å². The molecule has 0 atom stereocenters. The number of pyridine rings is 2. The fourth-order valence-electron chi connectivity index (χ4n) is 5.23. The van der Waals surface area contributed by atoms with Crippen molar-refractivity contribution in [2.24, 2.45) is 0 Å². The minimum Gasteiger partial charge on any atom is -0.444 e. The Morgan fingerprint density at radius 1 is 1.08 bits per heavy atom. The van der Waals surface area contributed by atoms with Gasteiger partial charge in [-0.05, 0) is 58.2 Å². The Morgan fingerprint density at radius 3 is 2.45 bits per heavy atom. The van der Waals surface area contributed by atoms with E-state index >= 15 is 0 Å². The number of piperazine rings is 1. The van der Waals surface area contributed by atoms with Gasteiger partial charge in [0.2, 0.25) is 5.95 Å². The van der Waals surface area contributed by atoms with Crippen molar-refractivity contribution in [3.8, 4) is 0 Å². The van der Waals surface area contributed by atoms with Gasteiger partial charge in [-0.15, -0.1) is 0 Å². The van der Waals surface area contributed by atoms with Crippen LogP contribution in [0.2, 0.25) is 0 Å². The van der Waals surface area contributed by atoms with Crippen LogP contribution >= 0.6 is 0 Å². The number of hydrogen-bond donors (Lipinski definition) is 1. The van der Waals surface area contributed by atoms with Gasteiger partial charge in [-0.1, -0.05) is 19.8 Å². The molecule has 3 aromatic rings. The maximum absolute atomic E-state index is 13.2. The molecule has 1 saturated heterocycles. The molecule has 1 saturated carbocycles. The number of hydrogen-bond acceptors (Lipinski definition) is 8. The average Bonchev–Trinajstić information content (AvgIpc) is 3.42. The van der Waals surface area contributed by atoms with E-state index in [1.165, 1.54) is 0 Å². The lowest BCUT2D eigenvalue weighted by molar-refractivity contribution is 0.0240. The molecule has 0 radical (unpaired) electrons. The number of ether oxygens (including phenoxy) is 1. The van der Waals surface area contributed by atoms with E-state index in [2.05, 4.69) is 20.2 Å². The normalized spacial score (nSPS) is 16.7. The molecule has 4 heterocycles. The van der Waals surface area contributed by atoms with E-state index in [1.807, 2.05) is 56.7 Å². The topological polar surface area (TPSA) is 105 Å². The summed E-state index contributed by atoms with van der Waals surface area (Å²) in [6, 6.07) is 6.00. The van der Waals surface area contributed by atoms with Gasteiger partial charge in [0.15, 0.2) is 0 Å². The number of fused-ring (bicyclic) bond motifs is 1. The third-order valence-corrected chi connectivity index (χ3v) is 7.20. The summed E-state index contributed by atoms with van der Waals surface area (Å²) in [5, 5.41) is 4.08. The lowest BCUT2D eigenvalue weighted by Gasteiger charge is -2.36. The van der Waals surface area contributed by atoms with Crippen molar-refractivity contribution in [3.63, 3.8) is 0 Å². The number of carbonyl (C=O) groups is 1. The Balaban J connectivity index is 1.29. The van der Waals surface area contributed by atoms with Crippen molar-refractivity contribution in [3.05, 3.63) is 46.5 Å². The van der Waals surface area contributed by atoms with Crippen molar-refractivity contribution in [2.75, 3.05) is 36.4 Å².